The first kappa shape index (κ1) is 14.7. The van der Waals surface area contributed by atoms with Gasteiger partial charge in [-0.2, -0.15) is 0 Å². The minimum atomic E-state index is 0.689. The van der Waals surface area contributed by atoms with Crippen LogP contribution in [0.3, 0.4) is 0 Å². The molecule has 1 heterocycles. The third kappa shape index (κ3) is 4.44. The van der Waals surface area contributed by atoms with Crippen molar-refractivity contribution in [3.8, 4) is 0 Å². The minimum absolute atomic E-state index is 0.689. The van der Waals surface area contributed by atoms with Crippen molar-refractivity contribution < 1.29 is 0 Å². The maximum absolute atomic E-state index is 3.69. The monoisotopic (exact) mass is 238 g/mol. The number of nitrogens with one attached hydrogen (secondary N) is 1. The zero-order valence-corrected chi connectivity index (χ0v) is 12.3. The predicted molar refractivity (Wildman–Crippen MR) is 76.3 cm³/mol. The molecule has 17 heavy (non-hydrogen) atoms. The number of allylic oxidation sites excluding steroid dienone is 1. The summed E-state index contributed by atoms with van der Waals surface area (Å²) in [5, 5.41) is 3.69. The maximum atomic E-state index is 3.69. The van der Waals surface area contributed by atoms with Gasteiger partial charge in [0.25, 0.3) is 0 Å². The van der Waals surface area contributed by atoms with Gasteiger partial charge in [-0.25, -0.2) is 0 Å². The molecule has 0 amide bonds. The third-order valence-electron chi connectivity index (χ3n) is 4.09. The van der Waals surface area contributed by atoms with E-state index in [0.717, 1.165) is 19.0 Å². The molecule has 1 aliphatic heterocycles. The van der Waals surface area contributed by atoms with Crippen molar-refractivity contribution in [3.63, 3.8) is 0 Å². The minimum Gasteiger partial charge on any atom is -0.314 e. The van der Waals surface area contributed by atoms with Crippen molar-refractivity contribution >= 4 is 0 Å². The van der Waals surface area contributed by atoms with Crippen LogP contribution < -0.4 is 5.32 Å². The molecule has 0 saturated carbocycles. The Morgan fingerprint density at radius 3 is 2.65 bits per heavy atom. The molecule has 0 aromatic rings. The molecule has 1 rings (SSSR count). The maximum Gasteiger partial charge on any atom is 0.0168 e. The summed E-state index contributed by atoms with van der Waals surface area (Å²) in [6, 6.07) is 1.40. The van der Waals surface area contributed by atoms with Gasteiger partial charge in [0, 0.05) is 25.2 Å². The molecule has 0 aromatic heterocycles. The second-order valence-corrected chi connectivity index (χ2v) is 5.73. The lowest BCUT2D eigenvalue weighted by Gasteiger charge is -2.42. The van der Waals surface area contributed by atoms with Crippen molar-refractivity contribution in [2.75, 3.05) is 19.6 Å². The molecule has 3 atom stereocenters. The number of nitrogens with zero attached hydrogens (tertiary/aromatic N) is 1. The topological polar surface area (TPSA) is 15.3 Å². The van der Waals surface area contributed by atoms with Gasteiger partial charge >= 0.3 is 0 Å². The molecule has 3 unspecified atom stereocenters. The van der Waals surface area contributed by atoms with Gasteiger partial charge in [-0.15, -0.1) is 0 Å². The number of rotatable bonds is 5. The first-order chi connectivity index (χ1) is 8.06. The van der Waals surface area contributed by atoms with E-state index >= 15 is 0 Å². The summed E-state index contributed by atoms with van der Waals surface area (Å²) in [6.45, 7) is 14.9. The van der Waals surface area contributed by atoms with Crippen LogP contribution in [0.5, 0.6) is 0 Å². The second-order valence-electron chi connectivity index (χ2n) is 5.73. The van der Waals surface area contributed by atoms with Crippen molar-refractivity contribution in [2.45, 2.75) is 59.5 Å². The largest absolute Gasteiger partial charge is 0.314 e. The predicted octanol–water partition coefficient (Wildman–Crippen LogP) is 3.05. The number of hydrogen-bond acceptors (Lipinski definition) is 2. The first-order valence-corrected chi connectivity index (χ1v) is 7.17. The molecular weight excluding hydrogens is 208 g/mol. The summed E-state index contributed by atoms with van der Waals surface area (Å²) in [5.74, 6) is 0.751. The highest BCUT2D eigenvalue weighted by atomic mass is 15.2. The molecule has 0 spiro atoms. The Morgan fingerprint density at radius 2 is 2.06 bits per heavy atom. The van der Waals surface area contributed by atoms with E-state index in [1.165, 1.54) is 25.0 Å². The number of piperidine rings is 1. The standard InChI is InChI=1S/C15H30N2/c1-6-9-16-15-8-11-17(10-7-12(2)3)14(5)13(15)4/h7,13-16H,6,8-11H2,1-5H3. The molecule has 0 radical (unpaired) electrons. The molecule has 1 fully saturated rings. The van der Waals surface area contributed by atoms with Crippen LogP contribution >= 0.6 is 0 Å². The quantitative estimate of drug-likeness (QED) is 0.741. The Morgan fingerprint density at radius 1 is 1.35 bits per heavy atom. The summed E-state index contributed by atoms with van der Waals surface area (Å²) in [7, 11) is 0. The van der Waals surface area contributed by atoms with Gasteiger partial charge in [-0.1, -0.05) is 25.5 Å². The molecule has 2 nitrogen and oxygen atoms in total. The molecule has 0 aliphatic carbocycles. The summed E-state index contributed by atoms with van der Waals surface area (Å²) in [5.41, 5.74) is 1.43. The van der Waals surface area contributed by atoms with Gasteiger partial charge < -0.3 is 5.32 Å². The van der Waals surface area contributed by atoms with Gasteiger partial charge in [-0.05, 0) is 46.1 Å². The number of hydrogen-bond donors (Lipinski definition) is 1. The van der Waals surface area contributed by atoms with Crippen LogP contribution in [0, 0.1) is 5.92 Å². The molecule has 1 aliphatic rings. The van der Waals surface area contributed by atoms with Crippen LogP contribution in [0.2, 0.25) is 0 Å². The van der Waals surface area contributed by atoms with Crippen LogP contribution in [0.25, 0.3) is 0 Å². The summed E-state index contributed by atoms with van der Waals surface area (Å²) >= 11 is 0. The fraction of sp³-hybridized carbons (Fsp3) is 0.867. The summed E-state index contributed by atoms with van der Waals surface area (Å²) in [6.07, 6.45) is 4.88. The van der Waals surface area contributed by atoms with Gasteiger partial charge in [0.1, 0.15) is 0 Å². The van der Waals surface area contributed by atoms with Gasteiger partial charge in [0.05, 0.1) is 0 Å². The molecule has 2 heteroatoms. The van der Waals surface area contributed by atoms with E-state index in [-0.39, 0.29) is 0 Å². The average Bonchev–Trinajstić information content (AvgIpc) is 2.29. The lowest BCUT2D eigenvalue weighted by Crippen LogP contribution is -2.53. The van der Waals surface area contributed by atoms with E-state index < -0.39 is 0 Å². The Bertz CT molecular complexity index is 243. The lowest BCUT2D eigenvalue weighted by molar-refractivity contribution is 0.0960. The Labute approximate surface area is 107 Å². The van der Waals surface area contributed by atoms with Crippen molar-refractivity contribution in [1.82, 2.24) is 10.2 Å². The first-order valence-electron chi connectivity index (χ1n) is 7.17. The fourth-order valence-corrected chi connectivity index (χ4v) is 2.62. The molecule has 0 aromatic carbocycles. The molecule has 100 valence electrons. The third-order valence-corrected chi connectivity index (χ3v) is 4.09. The molecular formula is C15H30N2. The van der Waals surface area contributed by atoms with E-state index in [2.05, 4.69) is 50.9 Å². The highest BCUT2D eigenvalue weighted by molar-refractivity contribution is 4.98. The van der Waals surface area contributed by atoms with Crippen molar-refractivity contribution in [1.29, 1.82) is 0 Å². The van der Waals surface area contributed by atoms with Crippen molar-refractivity contribution in [2.24, 2.45) is 5.92 Å². The summed E-state index contributed by atoms with van der Waals surface area (Å²) in [4.78, 5) is 2.61. The van der Waals surface area contributed by atoms with Crippen LogP contribution in [0.15, 0.2) is 11.6 Å². The van der Waals surface area contributed by atoms with Gasteiger partial charge in [0.2, 0.25) is 0 Å². The van der Waals surface area contributed by atoms with Crippen LogP contribution in [-0.2, 0) is 0 Å². The van der Waals surface area contributed by atoms with E-state index in [4.69, 9.17) is 0 Å². The summed E-state index contributed by atoms with van der Waals surface area (Å²) < 4.78 is 0. The van der Waals surface area contributed by atoms with Crippen LogP contribution in [0.1, 0.15) is 47.5 Å². The highest BCUT2D eigenvalue weighted by Gasteiger charge is 2.31. The lowest BCUT2D eigenvalue weighted by atomic mass is 9.87. The van der Waals surface area contributed by atoms with Gasteiger partial charge in [-0.3, -0.25) is 4.90 Å². The van der Waals surface area contributed by atoms with E-state index in [9.17, 15) is 0 Å². The van der Waals surface area contributed by atoms with E-state index in [0.29, 0.717) is 12.1 Å². The zero-order valence-electron chi connectivity index (χ0n) is 12.3. The van der Waals surface area contributed by atoms with Crippen molar-refractivity contribution in [3.05, 3.63) is 11.6 Å². The average molecular weight is 238 g/mol. The zero-order chi connectivity index (χ0) is 12.8. The second kappa shape index (κ2) is 7.17. The Balaban J connectivity index is 2.47. The fourth-order valence-electron chi connectivity index (χ4n) is 2.62. The van der Waals surface area contributed by atoms with Crippen LogP contribution in [0.4, 0.5) is 0 Å². The number of likely N-dealkylation sites (tertiary alicyclic amines) is 1. The highest BCUT2D eigenvalue weighted by Crippen LogP contribution is 2.23. The van der Waals surface area contributed by atoms with E-state index in [1.807, 2.05) is 0 Å². The normalized spacial score (nSPS) is 30.3. The Hall–Kier alpha value is -0.340. The molecule has 1 saturated heterocycles. The SMILES string of the molecule is CCCNC1CCN(CC=C(C)C)C(C)C1C. The van der Waals surface area contributed by atoms with Crippen LogP contribution in [-0.4, -0.2) is 36.6 Å². The Kier molecular flexibility index (Phi) is 6.21. The molecule has 1 N–H and O–H groups in total. The van der Waals surface area contributed by atoms with Gasteiger partial charge in [0.15, 0.2) is 0 Å². The molecule has 0 bridgehead atoms. The van der Waals surface area contributed by atoms with E-state index in [1.54, 1.807) is 0 Å². The smallest absolute Gasteiger partial charge is 0.0168 e.